The fourth-order valence-corrected chi connectivity index (χ4v) is 2.41. The van der Waals surface area contributed by atoms with Gasteiger partial charge >= 0.3 is 0 Å². The van der Waals surface area contributed by atoms with E-state index < -0.39 is 0 Å². The molecule has 78 valence electrons. The number of aromatic nitrogens is 1. The molecule has 2 rings (SSSR count). The van der Waals surface area contributed by atoms with Gasteiger partial charge in [0.1, 0.15) is 0 Å². The van der Waals surface area contributed by atoms with Crippen LogP contribution in [0.2, 0.25) is 0 Å². The highest BCUT2D eigenvalue weighted by Gasteiger charge is 2.20. The zero-order valence-corrected chi connectivity index (χ0v) is 8.95. The zero-order chi connectivity index (χ0) is 9.80. The van der Waals surface area contributed by atoms with Crippen LogP contribution in [0.15, 0.2) is 24.5 Å². The van der Waals surface area contributed by atoms with Gasteiger partial charge in [-0.2, -0.15) is 0 Å². The number of hydrogen-bond acceptors (Lipinski definition) is 1. The molecule has 2 atom stereocenters. The molecular weight excluding hydrogens is 172 g/mol. The van der Waals surface area contributed by atoms with Crippen LogP contribution in [-0.4, -0.2) is 10.7 Å². The van der Waals surface area contributed by atoms with Gasteiger partial charge in [-0.3, -0.25) is 4.68 Å². The van der Waals surface area contributed by atoms with Crippen molar-refractivity contribution in [3.63, 3.8) is 0 Å². The molecule has 0 aliphatic heterocycles. The van der Waals surface area contributed by atoms with Crippen molar-refractivity contribution in [1.82, 2.24) is 4.68 Å². The summed E-state index contributed by atoms with van der Waals surface area (Å²) in [7, 11) is 0. The van der Waals surface area contributed by atoms with E-state index in [0.29, 0.717) is 6.04 Å². The van der Waals surface area contributed by atoms with Crippen LogP contribution in [-0.2, 0) is 0 Å². The normalized spacial score (nSPS) is 27.5. The molecule has 1 heterocycles. The smallest absolute Gasteiger partial charge is 0.0427 e. The molecule has 2 unspecified atom stereocenters. The zero-order valence-electron chi connectivity index (χ0n) is 8.95. The average molecular weight is 192 g/mol. The predicted octanol–water partition coefficient (Wildman–Crippen LogP) is 3.00. The van der Waals surface area contributed by atoms with Crippen molar-refractivity contribution >= 4 is 0 Å². The average Bonchev–Trinajstić information content (AvgIpc) is 2.71. The summed E-state index contributed by atoms with van der Waals surface area (Å²) in [6.45, 7) is 2.31. The summed E-state index contributed by atoms with van der Waals surface area (Å²) in [5.74, 6) is 0.941. The first-order valence-electron chi connectivity index (χ1n) is 5.78. The van der Waals surface area contributed by atoms with Crippen molar-refractivity contribution in [2.45, 2.75) is 45.1 Å². The van der Waals surface area contributed by atoms with Crippen molar-refractivity contribution in [2.75, 3.05) is 5.43 Å². The van der Waals surface area contributed by atoms with Crippen LogP contribution in [0.3, 0.4) is 0 Å². The minimum absolute atomic E-state index is 0.682. The Morgan fingerprint density at radius 3 is 2.79 bits per heavy atom. The van der Waals surface area contributed by atoms with Gasteiger partial charge in [-0.15, -0.1) is 0 Å². The lowest BCUT2D eigenvalue weighted by molar-refractivity contribution is 0.316. The Kier molecular flexibility index (Phi) is 3.12. The minimum Gasteiger partial charge on any atom is -0.323 e. The Labute approximate surface area is 86.3 Å². The van der Waals surface area contributed by atoms with E-state index in [4.69, 9.17) is 0 Å². The first-order valence-corrected chi connectivity index (χ1v) is 5.78. The van der Waals surface area contributed by atoms with Crippen LogP contribution in [0.4, 0.5) is 0 Å². The van der Waals surface area contributed by atoms with E-state index in [1.165, 1.54) is 32.1 Å². The summed E-state index contributed by atoms with van der Waals surface area (Å²) >= 11 is 0. The van der Waals surface area contributed by atoms with Gasteiger partial charge < -0.3 is 5.43 Å². The summed E-state index contributed by atoms with van der Waals surface area (Å²) in [6.07, 6.45) is 11.0. The SMILES string of the molecule is CCC1CCCC(Nn2cccc2)C1. The van der Waals surface area contributed by atoms with Gasteiger partial charge in [-0.1, -0.05) is 26.2 Å². The number of rotatable bonds is 3. The molecule has 1 aliphatic carbocycles. The molecule has 1 aromatic rings. The molecule has 2 nitrogen and oxygen atoms in total. The van der Waals surface area contributed by atoms with Gasteiger partial charge in [-0.05, 0) is 30.9 Å². The second kappa shape index (κ2) is 4.54. The highest BCUT2D eigenvalue weighted by Crippen LogP contribution is 2.26. The molecule has 1 fully saturated rings. The van der Waals surface area contributed by atoms with E-state index in [0.717, 1.165) is 5.92 Å². The Morgan fingerprint density at radius 1 is 1.29 bits per heavy atom. The lowest BCUT2D eigenvalue weighted by atomic mass is 9.84. The van der Waals surface area contributed by atoms with Gasteiger partial charge in [0.2, 0.25) is 0 Å². The highest BCUT2D eigenvalue weighted by molar-refractivity contribution is 4.96. The Hall–Kier alpha value is -0.920. The molecule has 0 spiro atoms. The van der Waals surface area contributed by atoms with Crippen LogP contribution in [0.5, 0.6) is 0 Å². The van der Waals surface area contributed by atoms with E-state index in [-0.39, 0.29) is 0 Å². The molecule has 0 aromatic carbocycles. The molecule has 0 radical (unpaired) electrons. The minimum atomic E-state index is 0.682. The third-order valence-electron chi connectivity index (χ3n) is 3.30. The third kappa shape index (κ3) is 2.31. The van der Waals surface area contributed by atoms with Gasteiger partial charge in [0.05, 0.1) is 0 Å². The lowest BCUT2D eigenvalue weighted by Crippen LogP contribution is -2.32. The quantitative estimate of drug-likeness (QED) is 0.779. The van der Waals surface area contributed by atoms with Gasteiger partial charge in [0.25, 0.3) is 0 Å². The second-order valence-electron chi connectivity index (χ2n) is 4.36. The summed E-state index contributed by atoms with van der Waals surface area (Å²) in [5.41, 5.74) is 3.54. The molecular formula is C12H20N2. The third-order valence-corrected chi connectivity index (χ3v) is 3.30. The Balaban J connectivity index is 1.86. The van der Waals surface area contributed by atoms with E-state index in [9.17, 15) is 0 Å². The summed E-state index contributed by atoms with van der Waals surface area (Å²) in [6, 6.07) is 4.81. The Bertz CT molecular complexity index is 253. The van der Waals surface area contributed by atoms with Gasteiger partial charge in [0, 0.05) is 18.4 Å². The van der Waals surface area contributed by atoms with Crippen LogP contribution in [0.1, 0.15) is 39.0 Å². The maximum Gasteiger partial charge on any atom is 0.0427 e. The van der Waals surface area contributed by atoms with Crippen molar-refractivity contribution in [2.24, 2.45) is 5.92 Å². The predicted molar refractivity (Wildman–Crippen MR) is 59.8 cm³/mol. The first-order chi connectivity index (χ1) is 6.88. The lowest BCUT2D eigenvalue weighted by Gasteiger charge is -2.29. The van der Waals surface area contributed by atoms with Crippen LogP contribution < -0.4 is 5.43 Å². The summed E-state index contributed by atoms with van der Waals surface area (Å²) < 4.78 is 2.09. The van der Waals surface area contributed by atoms with E-state index >= 15 is 0 Å². The van der Waals surface area contributed by atoms with Crippen LogP contribution in [0.25, 0.3) is 0 Å². The summed E-state index contributed by atoms with van der Waals surface area (Å²) in [5, 5.41) is 0. The summed E-state index contributed by atoms with van der Waals surface area (Å²) in [4.78, 5) is 0. The van der Waals surface area contributed by atoms with E-state index in [2.05, 4.69) is 41.6 Å². The molecule has 0 bridgehead atoms. The topological polar surface area (TPSA) is 17.0 Å². The molecule has 0 saturated heterocycles. The fourth-order valence-electron chi connectivity index (χ4n) is 2.41. The van der Waals surface area contributed by atoms with Gasteiger partial charge in [-0.25, -0.2) is 0 Å². The molecule has 14 heavy (non-hydrogen) atoms. The van der Waals surface area contributed by atoms with Crippen molar-refractivity contribution < 1.29 is 0 Å². The maximum atomic E-state index is 3.54. The number of nitrogens with zero attached hydrogens (tertiary/aromatic N) is 1. The fraction of sp³-hybridized carbons (Fsp3) is 0.667. The largest absolute Gasteiger partial charge is 0.323 e. The second-order valence-corrected chi connectivity index (χ2v) is 4.36. The van der Waals surface area contributed by atoms with E-state index in [1.54, 1.807) is 0 Å². The van der Waals surface area contributed by atoms with Crippen molar-refractivity contribution in [3.8, 4) is 0 Å². The van der Waals surface area contributed by atoms with Crippen LogP contribution in [0, 0.1) is 5.92 Å². The van der Waals surface area contributed by atoms with Crippen LogP contribution >= 0.6 is 0 Å². The van der Waals surface area contributed by atoms with Crippen molar-refractivity contribution in [3.05, 3.63) is 24.5 Å². The first kappa shape index (κ1) is 9.63. The monoisotopic (exact) mass is 192 g/mol. The van der Waals surface area contributed by atoms with Crippen molar-refractivity contribution in [1.29, 1.82) is 0 Å². The maximum absolute atomic E-state index is 3.54. The molecule has 1 aromatic heterocycles. The molecule has 1 saturated carbocycles. The molecule has 1 aliphatic rings. The standard InChI is InChI=1S/C12H20N2/c1-2-11-6-5-7-12(10-11)13-14-8-3-4-9-14/h3-4,8-9,11-13H,2,5-7,10H2,1H3. The van der Waals surface area contributed by atoms with Gasteiger partial charge in [0.15, 0.2) is 0 Å². The molecule has 1 N–H and O–H groups in total. The Morgan fingerprint density at radius 2 is 2.07 bits per heavy atom. The van der Waals surface area contributed by atoms with E-state index in [1.807, 2.05) is 0 Å². The number of hydrogen-bond donors (Lipinski definition) is 1. The molecule has 2 heteroatoms. The highest BCUT2D eigenvalue weighted by atomic mass is 15.4. The number of nitrogens with one attached hydrogen (secondary N) is 1. The molecule has 0 amide bonds.